The lowest BCUT2D eigenvalue weighted by molar-refractivity contribution is 0.0735. The molecule has 0 fully saturated rings. The number of para-hydroxylation sites is 1. The van der Waals surface area contributed by atoms with Crippen molar-refractivity contribution in [2.45, 2.75) is 20.0 Å². The fourth-order valence-electron chi connectivity index (χ4n) is 2.56. The zero-order valence-electron chi connectivity index (χ0n) is 13.7. The maximum absolute atomic E-state index is 13.1. The van der Waals surface area contributed by atoms with Crippen LogP contribution in [0.5, 0.6) is 5.75 Å². The predicted molar refractivity (Wildman–Crippen MR) is 99.9 cm³/mol. The van der Waals surface area contributed by atoms with E-state index in [1.807, 2.05) is 59.0 Å². The fraction of sp³-hybridized carbons (Fsp3) is 0.211. The second kappa shape index (κ2) is 7.64. The number of ether oxygens (including phenoxy) is 1. The van der Waals surface area contributed by atoms with E-state index in [4.69, 9.17) is 4.74 Å². The van der Waals surface area contributed by atoms with E-state index in [0.717, 1.165) is 21.8 Å². The highest BCUT2D eigenvalue weighted by Gasteiger charge is 2.21. The highest BCUT2D eigenvalue weighted by Crippen LogP contribution is 2.25. The van der Waals surface area contributed by atoms with Crippen molar-refractivity contribution in [3.8, 4) is 5.75 Å². The first-order valence-electron chi connectivity index (χ1n) is 7.66. The topological polar surface area (TPSA) is 29.5 Å². The van der Waals surface area contributed by atoms with Crippen LogP contribution in [0.1, 0.15) is 25.7 Å². The molecular formula is C19H19NO2S2. The molecule has 0 bridgehead atoms. The summed E-state index contributed by atoms with van der Waals surface area (Å²) in [6.07, 6.45) is 0. The average molecular weight is 358 g/mol. The molecule has 2 heterocycles. The van der Waals surface area contributed by atoms with Crippen LogP contribution in [-0.2, 0) is 13.1 Å². The van der Waals surface area contributed by atoms with E-state index in [1.54, 1.807) is 18.4 Å². The quantitative estimate of drug-likeness (QED) is 0.623. The van der Waals surface area contributed by atoms with Crippen LogP contribution < -0.4 is 4.74 Å². The molecular weight excluding hydrogens is 338 g/mol. The van der Waals surface area contributed by atoms with Gasteiger partial charge in [-0.05, 0) is 41.4 Å². The van der Waals surface area contributed by atoms with Gasteiger partial charge in [-0.1, -0.05) is 24.3 Å². The van der Waals surface area contributed by atoms with Gasteiger partial charge in [0.15, 0.2) is 0 Å². The Morgan fingerprint density at radius 1 is 1.04 bits per heavy atom. The molecule has 0 aliphatic rings. The highest BCUT2D eigenvalue weighted by atomic mass is 32.1. The van der Waals surface area contributed by atoms with Gasteiger partial charge in [0.05, 0.1) is 25.1 Å². The van der Waals surface area contributed by atoms with Crippen LogP contribution in [0.15, 0.2) is 53.2 Å². The molecule has 1 amide bonds. The van der Waals surface area contributed by atoms with E-state index >= 15 is 0 Å². The van der Waals surface area contributed by atoms with E-state index < -0.39 is 0 Å². The number of aryl methyl sites for hydroxylation is 1. The number of carbonyl (C=O) groups is 1. The molecule has 24 heavy (non-hydrogen) atoms. The van der Waals surface area contributed by atoms with Crippen LogP contribution in [0.3, 0.4) is 0 Å². The number of methoxy groups -OCH3 is 1. The van der Waals surface area contributed by atoms with Crippen LogP contribution >= 0.6 is 22.7 Å². The molecule has 5 heteroatoms. The maximum atomic E-state index is 13.1. The molecule has 3 aromatic rings. The van der Waals surface area contributed by atoms with Crippen molar-refractivity contribution < 1.29 is 9.53 Å². The molecule has 124 valence electrons. The predicted octanol–water partition coefficient (Wildman–Crippen LogP) is 4.97. The Kier molecular flexibility index (Phi) is 5.33. The van der Waals surface area contributed by atoms with Gasteiger partial charge in [-0.15, -0.1) is 22.7 Å². The third-order valence-electron chi connectivity index (χ3n) is 3.82. The lowest BCUT2D eigenvalue weighted by Crippen LogP contribution is -2.29. The first-order valence-corrected chi connectivity index (χ1v) is 9.42. The van der Waals surface area contributed by atoms with Crippen molar-refractivity contribution in [2.24, 2.45) is 0 Å². The Hall–Kier alpha value is -2.11. The summed E-state index contributed by atoms with van der Waals surface area (Å²) >= 11 is 3.17. The second-order valence-electron chi connectivity index (χ2n) is 5.49. The van der Waals surface area contributed by atoms with Gasteiger partial charge in [0, 0.05) is 10.4 Å². The van der Waals surface area contributed by atoms with Gasteiger partial charge in [0.25, 0.3) is 5.91 Å². The summed E-state index contributed by atoms with van der Waals surface area (Å²) in [5.41, 5.74) is 2.04. The van der Waals surface area contributed by atoms with E-state index in [0.29, 0.717) is 13.1 Å². The Bertz CT molecular complexity index is 808. The van der Waals surface area contributed by atoms with Crippen LogP contribution in [0.4, 0.5) is 0 Å². The number of hydrogen-bond acceptors (Lipinski definition) is 4. The summed E-state index contributed by atoms with van der Waals surface area (Å²) in [5, 5.41) is 4.01. The first kappa shape index (κ1) is 16.7. The Morgan fingerprint density at radius 2 is 1.88 bits per heavy atom. The summed E-state index contributed by atoms with van der Waals surface area (Å²) in [6.45, 7) is 3.11. The molecule has 0 aliphatic heterocycles. The van der Waals surface area contributed by atoms with Crippen molar-refractivity contribution in [1.82, 2.24) is 4.90 Å². The van der Waals surface area contributed by atoms with E-state index in [1.165, 1.54) is 16.2 Å². The van der Waals surface area contributed by atoms with E-state index in [-0.39, 0.29) is 5.91 Å². The molecule has 0 spiro atoms. The average Bonchev–Trinajstić information content (AvgIpc) is 3.25. The van der Waals surface area contributed by atoms with Crippen molar-refractivity contribution in [1.29, 1.82) is 0 Å². The van der Waals surface area contributed by atoms with Crippen molar-refractivity contribution >= 4 is 28.6 Å². The molecule has 0 radical (unpaired) electrons. The first-order chi connectivity index (χ1) is 11.7. The van der Waals surface area contributed by atoms with Crippen molar-refractivity contribution in [3.05, 3.63) is 74.1 Å². The molecule has 0 unspecified atom stereocenters. The van der Waals surface area contributed by atoms with Gasteiger partial charge < -0.3 is 9.64 Å². The molecule has 0 saturated heterocycles. The van der Waals surface area contributed by atoms with Gasteiger partial charge >= 0.3 is 0 Å². The zero-order valence-corrected chi connectivity index (χ0v) is 15.3. The van der Waals surface area contributed by atoms with Gasteiger partial charge in [-0.2, -0.15) is 0 Å². The number of hydrogen-bond donors (Lipinski definition) is 0. The smallest absolute Gasteiger partial charge is 0.264 e. The number of benzene rings is 1. The van der Waals surface area contributed by atoms with Gasteiger partial charge in [-0.3, -0.25) is 4.79 Å². The van der Waals surface area contributed by atoms with E-state index in [2.05, 4.69) is 6.07 Å². The summed E-state index contributed by atoms with van der Waals surface area (Å²) in [7, 11) is 1.66. The zero-order chi connectivity index (χ0) is 16.9. The normalized spacial score (nSPS) is 10.6. The van der Waals surface area contributed by atoms with Crippen molar-refractivity contribution in [3.63, 3.8) is 0 Å². The molecule has 1 aromatic carbocycles. The van der Waals surface area contributed by atoms with Crippen LogP contribution in [-0.4, -0.2) is 17.9 Å². The number of thiophene rings is 2. The molecule has 0 atom stereocenters. The monoisotopic (exact) mass is 357 g/mol. The number of carbonyl (C=O) groups excluding carboxylic acids is 1. The summed E-state index contributed by atoms with van der Waals surface area (Å²) in [6, 6.07) is 13.9. The van der Waals surface area contributed by atoms with Gasteiger partial charge in [0.1, 0.15) is 5.75 Å². The molecule has 0 saturated carbocycles. The minimum Gasteiger partial charge on any atom is -0.496 e. The number of rotatable bonds is 6. The summed E-state index contributed by atoms with van der Waals surface area (Å²) < 4.78 is 5.44. The molecule has 2 aromatic heterocycles. The van der Waals surface area contributed by atoms with Crippen LogP contribution in [0.25, 0.3) is 0 Å². The lowest BCUT2D eigenvalue weighted by atomic mass is 10.1. The largest absolute Gasteiger partial charge is 0.496 e. The summed E-state index contributed by atoms with van der Waals surface area (Å²) in [4.78, 5) is 16.9. The maximum Gasteiger partial charge on any atom is 0.264 e. The lowest BCUT2D eigenvalue weighted by Gasteiger charge is -2.23. The number of nitrogens with zero attached hydrogens (tertiary/aromatic N) is 1. The van der Waals surface area contributed by atoms with Crippen LogP contribution in [0, 0.1) is 6.92 Å². The second-order valence-corrected chi connectivity index (χ2v) is 7.43. The third-order valence-corrected chi connectivity index (χ3v) is 5.69. The molecule has 0 aliphatic carbocycles. The van der Waals surface area contributed by atoms with Crippen molar-refractivity contribution in [2.75, 3.05) is 7.11 Å². The Balaban J connectivity index is 1.90. The molecule has 3 rings (SSSR count). The minimum atomic E-state index is 0.0711. The summed E-state index contributed by atoms with van der Waals surface area (Å²) in [5.74, 6) is 0.881. The Labute approximate surface area is 150 Å². The van der Waals surface area contributed by atoms with Gasteiger partial charge in [0.2, 0.25) is 0 Å². The standard InChI is InChI=1S/C19H19NO2S2/c1-14-9-11-24-18(14)19(21)20(13-16-7-5-10-23-16)12-15-6-3-4-8-17(15)22-2/h3-11H,12-13H2,1-2H3. The SMILES string of the molecule is COc1ccccc1CN(Cc1cccs1)C(=O)c1sccc1C. The van der Waals surface area contributed by atoms with Gasteiger partial charge in [-0.25, -0.2) is 0 Å². The third kappa shape index (κ3) is 3.68. The highest BCUT2D eigenvalue weighted by molar-refractivity contribution is 7.12. The molecule has 3 nitrogen and oxygen atoms in total. The minimum absolute atomic E-state index is 0.0711. The Morgan fingerprint density at radius 3 is 2.54 bits per heavy atom. The number of amides is 1. The molecule has 0 N–H and O–H groups in total. The van der Waals surface area contributed by atoms with E-state index in [9.17, 15) is 4.79 Å². The fourth-order valence-corrected chi connectivity index (χ4v) is 4.18. The van der Waals surface area contributed by atoms with Crippen LogP contribution in [0.2, 0.25) is 0 Å².